The monoisotopic (exact) mass is 334 g/mol. The minimum atomic E-state index is 0.126. The Hall–Kier alpha value is -2.39. The molecule has 0 aliphatic carbocycles. The first kappa shape index (κ1) is 16.1. The lowest BCUT2D eigenvalue weighted by atomic mass is 9.90. The van der Waals surface area contributed by atoms with Crippen LogP contribution in [0.3, 0.4) is 0 Å². The van der Waals surface area contributed by atoms with E-state index in [1.807, 2.05) is 24.3 Å². The summed E-state index contributed by atoms with van der Waals surface area (Å²) in [6, 6.07) is 18.3. The Kier molecular flexibility index (Phi) is 4.66. The number of benzene rings is 2. The summed E-state index contributed by atoms with van der Waals surface area (Å²) >= 11 is 0. The molecule has 3 aromatic rings. The molecule has 0 radical (unpaired) electrons. The normalized spacial score (nSPS) is 20.6. The van der Waals surface area contributed by atoms with Gasteiger partial charge < -0.3 is 9.32 Å². The number of quaternary nitrogens is 1. The van der Waals surface area contributed by atoms with Gasteiger partial charge in [0, 0.05) is 0 Å². The first-order valence-electron chi connectivity index (χ1n) is 9.16. The van der Waals surface area contributed by atoms with Gasteiger partial charge in [0.15, 0.2) is 0 Å². The topological polar surface area (TPSA) is 34.7 Å². The van der Waals surface area contributed by atoms with Crippen LogP contribution in [0.4, 0.5) is 0 Å². The molecule has 25 heavy (non-hydrogen) atoms. The van der Waals surface area contributed by atoms with Crippen molar-refractivity contribution in [3.8, 4) is 0 Å². The fraction of sp³-hybridized carbons (Fsp3) is 0.318. The summed E-state index contributed by atoms with van der Waals surface area (Å²) in [5.41, 5.74) is 3.04. The van der Waals surface area contributed by atoms with Crippen molar-refractivity contribution in [2.24, 2.45) is 5.92 Å². The first-order chi connectivity index (χ1) is 12.3. The molecule has 0 atom stereocenters. The Morgan fingerprint density at radius 3 is 2.48 bits per heavy atom. The number of likely N-dealkylation sites (tertiary alicyclic amines) is 1. The van der Waals surface area contributed by atoms with Gasteiger partial charge in [0.1, 0.15) is 18.4 Å². The largest absolute Gasteiger partial charge is 0.464 e. The van der Waals surface area contributed by atoms with E-state index in [2.05, 4.69) is 30.3 Å². The second kappa shape index (κ2) is 7.24. The molecule has 1 N–H and O–H groups in total. The lowest BCUT2D eigenvalue weighted by Gasteiger charge is -2.29. The van der Waals surface area contributed by atoms with Gasteiger partial charge in [0.2, 0.25) is 5.43 Å². The van der Waals surface area contributed by atoms with Crippen LogP contribution in [-0.2, 0) is 13.0 Å². The highest BCUT2D eigenvalue weighted by molar-refractivity contribution is 5.76. The van der Waals surface area contributed by atoms with Gasteiger partial charge in [-0.1, -0.05) is 42.5 Å². The highest BCUT2D eigenvalue weighted by Gasteiger charge is 2.23. The molecule has 2 aromatic carbocycles. The van der Waals surface area contributed by atoms with E-state index < -0.39 is 0 Å². The highest BCUT2D eigenvalue weighted by Crippen LogP contribution is 2.17. The zero-order chi connectivity index (χ0) is 17.1. The Balaban J connectivity index is 1.39. The van der Waals surface area contributed by atoms with Gasteiger partial charge in [0.05, 0.1) is 24.0 Å². The van der Waals surface area contributed by atoms with Crippen molar-refractivity contribution < 1.29 is 9.32 Å². The highest BCUT2D eigenvalue weighted by atomic mass is 16.3. The number of fused-ring (bicyclic) bond motifs is 1. The number of nitrogens with one attached hydrogen (secondary N) is 1. The summed E-state index contributed by atoms with van der Waals surface area (Å²) in [6.07, 6.45) is 5.28. The molecule has 3 nitrogen and oxygen atoms in total. The standard InChI is InChI=1S/C22H23NO2/c24-22-19(16-25-21-9-5-4-8-20(21)22)15-23-12-10-18(11-13-23)14-17-6-2-1-3-7-17/h1-9,16,18H,10-15H2/p+1. The molecule has 0 amide bonds. The van der Waals surface area contributed by atoms with Crippen molar-refractivity contribution in [2.45, 2.75) is 25.8 Å². The van der Waals surface area contributed by atoms with E-state index in [-0.39, 0.29) is 5.43 Å². The molecule has 1 saturated heterocycles. The van der Waals surface area contributed by atoms with Crippen LogP contribution in [0.1, 0.15) is 24.0 Å². The molecule has 128 valence electrons. The molecule has 3 heteroatoms. The van der Waals surface area contributed by atoms with Gasteiger partial charge in [-0.2, -0.15) is 0 Å². The second-order valence-electron chi connectivity index (χ2n) is 7.15. The Morgan fingerprint density at radius 1 is 0.960 bits per heavy atom. The minimum absolute atomic E-state index is 0.126. The predicted octanol–water partition coefficient (Wildman–Crippen LogP) is 2.83. The third-order valence-electron chi connectivity index (χ3n) is 5.37. The van der Waals surface area contributed by atoms with Gasteiger partial charge in [-0.25, -0.2) is 0 Å². The van der Waals surface area contributed by atoms with Crippen LogP contribution in [0.25, 0.3) is 11.0 Å². The smallest absolute Gasteiger partial charge is 0.201 e. The van der Waals surface area contributed by atoms with Crippen LogP contribution in [0.2, 0.25) is 0 Å². The van der Waals surface area contributed by atoms with Crippen LogP contribution < -0.4 is 10.3 Å². The average Bonchev–Trinajstić information content (AvgIpc) is 2.67. The number of piperidine rings is 1. The number of hydrogen-bond donors (Lipinski definition) is 1. The maximum absolute atomic E-state index is 12.6. The van der Waals surface area contributed by atoms with Gasteiger partial charge in [0.25, 0.3) is 0 Å². The van der Waals surface area contributed by atoms with E-state index >= 15 is 0 Å². The SMILES string of the molecule is O=c1c(C[NH+]2CCC(Cc3ccccc3)CC2)coc2ccccc12. The van der Waals surface area contributed by atoms with Crippen molar-refractivity contribution in [1.82, 2.24) is 0 Å². The van der Waals surface area contributed by atoms with Crippen molar-refractivity contribution in [1.29, 1.82) is 0 Å². The fourth-order valence-electron chi connectivity index (χ4n) is 3.92. The summed E-state index contributed by atoms with van der Waals surface area (Å²) in [6.45, 7) is 3.03. The quantitative estimate of drug-likeness (QED) is 0.796. The van der Waals surface area contributed by atoms with Crippen molar-refractivity contribution in [2.75, 3.05) is 13.1 Å². The van der Waals surface area contributed by atoms with Crippen LogP contribution in [0, 0.1) is 5.92 Å². The van der Waals surface area contributed by atoms with Crippen molar-refractivity contribution >= 4 is 11.0 Å². The summed E-state index contributed by atoms with van der Waals surface area (Å²) in [4.78, 5) is 14.1. The maximum Gasteiger partial charge on any atom is 0.201 e. The van der Waals surface area contributed by atoms with E-state index in [4.69, 9.17) is 4.42 Å². The van der Waals surface area contributed by atoms with Gasteiger partial charge >= 0.3 is 0 Å². The van der Waals surface area contributed by atoms with Crippen LogP contribution in [0.5, 0.6) is 0 Å². The van der Waals surface area contributed by atoms with Crippen LogP contribution in [-0.4, -0.2) is 13.1 Å². The van der Waals surface area contributed by atoms with Crippen LogP contribution >= 0.6 is 0 Å². The molecule has 0 unspecified atom stereocenters. The minimum Gasteiger partial charge on any atom is -0.464 e. The molecular formula is C22H24NO2+. The number of hydrogen-bond acceptors (Lipinski definition) is 2. The van der Waals surface area contributed by atoms with Crippen LogP contribution in [0.15, 0.2) is 70.1 Å². The molecule has 1 aliphatic heterocycles. The average molecular weight is 334 g/mol. The molecule has 1 fully saturated rings. The molecular weight excluding hydrogens is 310 g/mol. The van der Waals surface area contributed by atoms with E-state index in [1.165, 1.54) is 29.7 Å². The lowest BCUT2D eigenvalue weighted by Crippen LogP contribution is -3.12. The van der Waals surface area contributed by atoms with Gasteiger partial charge in [-0.05, 0) is 42.9 Å². The van der Waals surface area contributed by atoms with E-state index in [0.717, 1.165) is 31.1 Å². The first-order valence-corrected chi connectivity index (χ1v) is 9.16. The zero-order valence-corrected chi connectivity index (χ0v) is 14.4. The summed E-state index contributed by atoms with van der Waals surface area (Å²) in [5.74, 6) is 0.763. The third-order valence-corrected chi connectivity index (χ3v) is 5.37. The molecule has 1 aromatic heterocycles. The predicted molar refractivity (Wildman–Crippen MR) is 99.8 cm³/mol. The molecule has 0 saturated carbocycles. The molecule has 4 rings (SSSR count). The van der Waals surface area contributed by atoms with Crippen molar-refractivity contribution in [3.05, 3.63) is 82.2 Å². The Bertz CT molecular complexity index is 893. The number of rotatable bonds is 4. The molecule has 1 aliphatic rings. The summed E-state index contributed by atoms with van der Waals surface area (Å²) < 4.78 is 5.65. The van der Waals surface area contributed by atoms with Gasteiger partial charge in [-0.3, -0.25) is 4.79 Å². The van der Waals surface area contributed by atoms with Crippen molar-refractivity contribution in [3.63, 3.8) is 0 Å². The molecule has 0 spiro atoms. The zero-order valence-electron chi connectivity index (χ0n) is 14.4. The fourth-order valence-corrected chi connectivity index (χ4v) is 3.92. The molecule has 0 bridgehead atoms. The van der Waals surface area contributed by atoms with E-state index in [9.17, 15) is 4.79 Å². The van der Waals surface area contributed by atoms with E-state index in [0.29, 0.717) is 11.0 Å². The summed E-state index contributed by atoms with van der Waals surface area (Å²) in [7, 11) is 0. The summed E-state index contributed by atoms with van der Waals surface area (Å²) in [5, 5.41) is 0.693. The third kappa shape index (κ3) is 3.67. The number of para-hydroxylation sites is 1. The van der Waals surface area contributed by atoms with E-state index in [1.54, 1.807) is 6.26 Å². The maximum atomic E-state index is 12.6. The Labute approximate surface area is 147 Å². The molecule has 2 heterocycles. The second-order valence-corrected chi connectivity index (χ2v) is 7.15. The lowest BCUT2D eigenvalue weighted by molar-refractivity contribution is -0.919. The van der Waals surface area contributed by atoms with Gasteiger partial charge in [-0.15, -0.1) is 0 Å². The Morgan fingerprint density at radius 2 is 1.68 bits per heavy atom.